The molecule has 5 heterocycles. The van der Waals surface area contributed by atoms with E-state index >= 15 is 0 Å². The zero-order valence-corrected chi connectivity index (χ0v) is 21.8. The lowest BCUT2D eigenvalue weighted by Gasteiger charge is -2.35. The Bertz CT molecular complexity index is 1680. The molecule has 3 aromatic rings. The molecule has 0 bridgehead atoms. The maximum absolute atomic E-state index is 13.8. The molecular formula is C28H25F3N4O5. The zero-order chi connectivity index (χ0) is 28.4. The summed E-state index contributed by atoms with van der Waals surface area (Å²) in [5.74, 6) is -3.70. The number of ether oxygens (including phenoxy) is 2. The van der Waals surface area contributed by atoms with Crippen molar-refractivity contribution < 1.29 is 32.2 Å². The van der Waals surface area contributed by atoms with E-state index in [-0.39, 0.29) is 24.1 Å². The van der Waals surface area contributed by atoms with Crippen LogP contribution in [0.25, 0.3) is 22.3 Å². The fourth-order valence-corrected chi connectivity index (χ4v) is 5.78. The summed E-state index contributed by atoms with van der Waals surface area (Å²) < 4.78 is 51.0. The molecule has 0 N–H and O–H groups in total. The third kappa shape index (κ3) is 3.72. The molecule has 40 heavy (non-hydrogen) atoms. The SMILES string of the molecule is CCCCCN1C=Nc2cccc3nc4c(c1c23)Cn1c-4cc2c(c1=O)COC(=O)[C@@]2(CC)OC(=O)C(F)(F)F. The van der Waals surface area contributed by atoms with Crippen molar-refractivity contribution in [2.45, 2.75) is 64.5 Å². The van der Waals surface area contributed by atoms with Crippen LogP contribution >= 0.6 is 0 Å². The highest BCUT2D eigenvalue weighted by atomic mass is 19.4. The van der Waals surface area contributed by atoms with Crippen molar-refractivity contribution in [1.82, 2.24) is 9.55 Å². The van der Waals surface area contributed by atoms with Crippen molar-refractivity contribution in [2.24, 2.45) is 4.99 Å². The summed E-state index contributed by atoms with van der Waals surface area (Å²) in [6.45, 7) is 3.93. The van der Waals surface area contributed by atoms with Crippen molar-refractivity contribution in [3.63, 3.8) is 0 Å². The van der Waals surface area contributed by atoms with Crippen LogP contribution in [-0.4, -0.2) is 40.5 Å². The number of hydrogen-bond donors (Lipinski definition) is 0. The van der Waals surface area contributed by atoms with Gasteiger partial charge in [0.05, 0.1) is 52.1 Å². The van der Waals surface area contributed by atoms with Crippen LogP contribution in [0.1, 0.15) is 56.2 Å². The quantitative estimate of drug-likeness (QED) is 0.248. The Labute approximate surface area is 226 Å². The van der Waals surface area contributed by atoms with E-state index in [1.807, 2.05) is 18.2 Å². The number of esters is 2. The number of unbranched alkanes of at least 4 members (excludes halogenated alkanes) is 2. The van der Waals surface area contributed by atoms with Crippen LogP contribution in [0.5, 0.6) is 0 Å². The number of aromatic nitrogens is 2. The Morgan fingerprint density at radius 3 is 2.70 bits per heavy atom. The van der Waals surface area contributed by atoms with Crippen LogP contribution in [0.4, 0.5) is 24.5 Å². The van der Waals surface area contributed by atoms with Gasteiger partial charge in [-0.2, -0.15) is 13.2 Å². The van der Waals surface area contributed by atoms with Gasteiger partial charge in [-0.05, 0) is 31.0 Å². The maximum atomic E-state index is 13.8. The fourth-order valence-electron chi connectivity index (χ4n) is 5.78. The number of aliphatic imine (C=N–C) groups is 1. The number of rotatable bonds is 6. The second-order valence-corrected chi connectivity index (χ2v) is 10.1. The second kappa shape index (κ2) is 9.17. The molecule has 0 saturated heterocycles. The number of pyridine rings is 2. The van der Waals surface area contributed by atoms with E-state index in [1.54, 1.807) is 6.34 Å². The number of carbonyl (C=O) groups excluding carboxylic acids is 2. The number of alkyl halides is 3. The number of carbonyl (C=O) groups is 2. The third-order valence-corrected chi connectivity index (χ3v) is 7.76. The predicted molar refractivity (Wildman–Crippen MR) is 139 cm³/mol. The summed E-state index contributed by atoms with van der Waals surface area (Å²) in [6.07, 6.45) is -0.947. The minimum Gasteiger partial charge on any atom is -0.457 e. The molecule has 3 aliphatic heterocycles. The first-order valence-electron chi connectivity index (χ1n) is 13.1. The molecule has 12 heteroatoms. The first-order valence-corrected chi connectivity index (χ1v) is 13.1. The first kappa shape index (κ1) is 26.0. The Hall–Kier alpha value is -4.22. The normalized spacial score (nSPS) is 18.8. The monoisotopic (exact) mass is 554 g/mol. The Morgan fingerprint density at radius 2 is 1.98 bits per heavy atom. The average Bonchev–Trinajstić information content (AvgIpc) is 3.30. The maximum Gasteiger partial charge on any atom is 0.490 e. The minimum absolute atomic E-state index is 0.0340. The van der Waals surface area contributed by atoms with Crippen LogP contribution in [0.2, 0.25) is 0 Å². The molecule has 0 amide bonds. The van der Waals surface area contributed by atoms with Crippen LogP contribution in [0.15, 0.2) is 34.1 Å². The van der Waals surface area contributed by atoms with Gasteiger partial charge < -0.3 is 18.9 Å². The van der Waals surface area contributed by atoms with Crippen LogP contribution in [0.3, 0.4) is 0 Å². The molecule has 9 nitrogen and oxygen atoms in total. The smallest absolute Gasteiger partial charge is 0.457 e. The molecule has 0 fully saturated rings. The van der Waals surface area contributed by atoms with E-state index in [1.165, 1.54) is 17.6 Å². The number of hydrogen-bond acceptors (Lipinski definition) is 8. The topological polar surface area (TPSA) is 103 Å². The van der Waals surface area contributed by atoms with Crippen LogP contribution in [0, 0.1) is 0 Å². The van der Waals surface area contributed by atoms with Crippen molar-refractivity contribution in [3.8, 4) is 11.4 Å². The number of halogens is 3. The first-order chi connectivity index (χ1) is 19.1. The number of anilines is 1. The van der Waals surface area contributed by atoms with Gasteiger partial charge in [-0.3, -0.25) is 4.79 Å². The van der Waals surface area contributed by atoms with Gasteiger partial charge >= 0.3 is 18.1 Å². The zero-order valence-electron chi connectivity index (χ0n) is 21.8. The van der Waals surface area contributed by atoms with Gasteiger partial charge in [0.1, 0.15) is 6.61 Å². The lowest BCUT2D eigenvalue weighted by molar-refractivity contribution is -0.223. The predicted octanol–water partition coefficient (Wildman–Crippen LogP) is 4.86. The van der Waals surface area contributed by atoms with Crippen molar-refractivity contribution in [2.75, 3.05) is 11.4 Å². The van der Waals surface area contributed by atoms with Crippen molar-refractivity contribution >= 4 is 40.6 Å². The highest BCUT2D eigenvalue weighted by Crippen LogP contribution is 2.47. The fraction of sp³-hybridized carbons (Fsp3) is 0.393. The van der Waals surface area contributed by atoms with E-state index < -0.39 is 35.9 Å². The van der Waals surface area contributed by atoms with Crippen molar-refractivity contribution in [3.05, 3.63) is 51.3 Å². The largest absolute Gasteiger partial charge is 0.490 e. The average molecular weight is 555 g/mol. The summed E-state index contributed by atoms with van der Waals surface area (Å²) in [4.78, 5) is 50.1. The molecule has 0 unspecified atom stereocenters. The van der Waals surface area contributed by atoms with Gasteiger partial charge in [0.2, 0.25) is 5.60 Å². The Balaban J connectivity index is 1.56. The van der Waals surface area contributed by atoms with Gasteiger partial charge in [-0.25, -0.2) is 19.6 Å². The van der Waals surface area contributed by atoms with Gasteiger partial charge in [-0.1, -0.05) is 32.8 Å². The summed E-state index contributed by atoms with van der Waals surface area (Å²) in [7, 11) is 0. The Kier molecular flexibility index (Phi) is 5.97. The lowest BCUT2D eigenvalue weighted by atomic mass is 9.85. The van der Waals surface area contributed by atoms with Gasteiger partial charge in [-0.15, -0.1) is 0 Å². The number of fused-ring (bicyclic) bond motifs is 5. The minimum atomic E-state index is -5.35. The number of nitrogens with zero attached hydrogens (tertiary/aromatic N) is 4. The van der Waals surface area contributed by atoms with E-state index in [2.05, 4.69) is 16.8 Å². The van der Waals surface area contributed by atoms with Crippen LogP contribution < -0.4 is 10.5 Å². The molecule has 1 atom stereocenters. The van der Waals surface area contributed by atoms with Gasteiger partial charge in [0, 0.05) is 17.7 Å². The molecular weight excluding hydrogens is 529 g/mol. The summed E-state index contributed by atoms with van der Waals surface area (Å²) in [6, 6.07) is 7.00. The Morgan fingerprint density at radius 1 is 1.18 bits per heavy atom. The van der Waals surface area contributed by atoms with E-state index in [4.69, 9.17) is 14.5 Å². The number of cyclic esters (lactones) is 1. The molecule has 0 spiro atoms. The summed E-state index contributed by atoms with van der Waals surface area (Å²) in [5, 5.41) is 0.853. The number of benzene rings is 1. The lowest BCUT2D eigenvalue weighted by Crippen LogP contribution is -2.49. The summed E-state index contributed by atoms with van der Waals surface area (Å²) >= 11 is 0. The van der Waals surface area contributed by atoms with Gasteiger partial charge in [0.25, 0.3) is 5.56 Å². The molecule has 3 aliphatic rings. The molecule has 1 aromatic carbocycles. The third-order valence-electron chi connectivity index (χ3n) is 7.76. The van der Waals surface area contributed by atoms with Crippen LogP contribution in [-0.2, 0) is 37.8 Å². The summed E-state index contributed by atoms with van der Waals surface area (Å²) in [5.41, 5.74) is 0.727. The van der Waals surface area contributed by atoms with E-state index in [0.717, 1.165) is 41.6 Å². The molecule has 208 valence electrons. The standard InChI is InChI=1S/C28H25F3N4O5/c1-3-5-6-10-34-14-32-18-8-7-9-19-21(18)23(34)15-12-35-20(22(15)33-19)11-17-16(24(35)36)13-39-25(37)27(17,4-2)40-26(38)28(29,30)31/h7-9,11,14H,3-6,10,12-13H2,1-2H3/t27-/m0/s1. The molecule has 2 aromatic heterocycles. The van der Waals surface area contributed by atoms with E-state index in [9.17, 15) is 27.6 Å². The molecule has 0 radical (unpaired) electrons. The molecule has 6 rings (SSSR count). The highest BCUT2D eigenvalue weighted by molar-refractivity contribution is 6.11. The molecule has 0 aliphatic carbocycles. The van der Waals surface area contributed by atoms with E-state index in [0.29, 0.717) is 23.4 Å². The van der Waals surface area contributed by atoms with Gasteiger partial charge in [0.15, 0.2) is 0 Å². The second-order valence-electron chi connectivity index (χ2n) is 10.1. The van der Waals surface area contributed by atoms with Crippen molar-refractivity contribution in [1.29, 1.82) is 0 Å². The highest BCUT2D eigenvalue weighted by Gasteiger charge is 2.54. The molecule has 0 saturated carbocycles.